The van der Waals surface area contributed by atoms with Gasteiger partial charge in [0.1, 0.15) is 11.6 Å². The quantitative estimate of drug-likeness (QED) is 0.794. The smallest absolute Gasteiger partial charge is 0.257 e. The predicted molar refractivity (Wildman–Crippen MR) is 92.0 cm³/mol. The fourth-order valence-electron chi connectivity index (χ4n) is 3.19. The predicted octanol–water partition coefficient (Wildman–Crippen LogP) is 4.86. The molecule has 3 nitrogen and oxygen atoms in total. The molecule has 0 radical (unpaired) electrons. The molecular formula is C19H19ClFNO2. The van der Waals surface area contributed by atoms with Crippen LogP contribution in [0.15, 0.2) is 42.5 Å². The number of methoxy groups -OCH3 is 1. The Balaban J connectivity index is 1.94. The number of hydrogen-bond acceptors (Lipinski definition) is 2. The summed E-state index contributed by atoms with van der Waals surface area (Å²) in [5.41, 5.74) is 1.03. The number of halogens is 2. The highest BCUT2D eigenvalue weighted by molar-refractivity contribution is 6.31. The van der Waals surface area contributed by atoms with Crippen LogP contribution in [0.4, 0.5) is 4.39 Å². The SMILES string of the molecule is COc1cccc([C@H]2CCCCN2C(=O)c2cc(Cl)ccc2F)c1. The molecule has 0 saturated carbocycles. The molecule has 0 aliphatic carbocycles. The number of piperidine rings is 1. The first kappa shape index (κ1) is 16.8. The Labute approximate surface area is 146 Å². The average Bonchev–Trinajstić information content (AvgIpc) is 2.63. The van der Waals surface area contributed by atoms with Gasteiger partial charge in [0.15, 0.2) is 0 Å². The normalized spacial score (nSPS) is 17.6. The molecule has 2 aromatic rings. The molecule has 1 aliphatic rings. The lowest BCUT2D eigenvalue weighted by Gasteiger charge is -2.36. The van der Waals surface area contributed by atoms with Crippen molar-refractivity contribution in [3.63, 3.8) is 0 Å². The number of rotatable bonds is 3. The Morgan fingerprint density at radius 2 is 2.08 bits per heavy atom. The van der Waals surface area contributed by atoms with E-state index in [9.17, 15) is 9.18 Å². The molecule has 3 rings (SSSR count). The van der Waals surface area contributed by atoms with Crippen LogP contribution in [0.1, 0.15) is 41.2 Å². The van der Waals surface area contributed by atoms with Crippen molar-refractivity contribution in [2.24, 2.45) is 0 Å². The van der Waals surface area contributed by atoms with E-state index in [-0.39, 0.29) is 17.5 Å². The third-order valence-electron chi connectivity index (χ3n) is 4.40. The monoisotopic (exact) mass is 347 g/mol. The summed E-state index contributed by atoms with van der Waals surface area (Å²) in [5, 5.41) is 0.356. The molecule has 1 aliphatic heterocycles. The van der Waals surface area contributed by atoms with Crippen LogP contribution in [-0.2, 0) is 0 Å². The minimum absolute atomic E-state index is 0.0253. The van der Waals surface area contributed by atoms with E-state index in [4.69, 9.17) is 16.3 Å². The van der Waals surface area contributed by atoms with Crippen LogP contribution in [0.3, 0.4) is 0 Å². The molecule has 5 heteroatoms. The molecule has 2 aromatic carbocycles. The first-order chi connectivity index (χ1) is 11.6. The molecule has 0 unspecified atom stereocenters. The lowest BCUT2D eigenvalue weighted by atomic mass is 9.94. The minimum atomic E-state index is -0.542. The second kappa shape index (κ2) is 7.22. The van der Waals surface area contributed by atoms with Crippen molar-refractivity contribution in [1.29, 1.82) is 0 Å². The highest BCUT2D eigenvalue weighted by atomic mass is 35.5. The molecule has 1 fully saturated rings. The van der Waals surface area contributed by atoms with E-state index >= 15 is 0 Å². The van der Waals surface area contributed by atoms with E-state index in [1.54, 1.807) is 12.0 Å². The maximum atomic E-state index is 14.1. The van der Waals surface area contributed by atoms with E-state index in [0.29, 0.717) is 11.6 Å². The summed E-state index contributed by atoms with van der Waals surface area (Å²) in [6.07, 6.45) is 2.79. The number of carbonyl (C=O) groups excluding carboxylic acids is 1. The van der Waals surface area contributed by atoms with Crippen molar-refractivity contribution in [2.75, 3.05) is 13.7 Å². The summed E-state index contributed by atoms with van der Waals surface area (Å²) < 4.78 is 19.4. The third kappa shape index (κ3) is 3.39. The molecule has 24 heavy (non-hydrogen) atoms. The lowest BCUT2D eigenvalue weighted by Crippen LogP contribution is -2.38. The second-order valence-electron chi connectivity index (χ2n) is 5.91. The number of carbonyl (C=O) groups is 1. The van der Waals surface area contributed by atoms with Gasteiger partial charge in [0.25, 0.3) is 5.91 Å². The molecule has 0 spiro atoms. The number of hydrogen-bond donors (Lipinski definition) is 0. The third-order valence-corrected chi connectivity index (χ3v) is 4.64. The molecule has 0 bridgehead atoms. The van der Waals surface area contributed by atoms with Gasteiger partial charge in [0.05, 0.1) is 18.7 Å². The first-order valence-corrected chi connectivity index (χ1v) is 8.38. The van der Waals surface area contributed by atoms with Gasteiger partial charge in [0, 0.05) is 11.6 Å². The van der Waals surface area contributed by atoms with E-state index in [1.165, 1.54) is 18.2 Å². The highest BCUT2D eigenvalue weighted by Gasteiger charge is 2.30. The molecule has 1 heterocycles. The Kier molecular flexibility index (Phi) is 5.05. The van der Waals surface area contributed by atoms with E-state index in [2.05, 4.69) is 0 Å². The summed E-state index contributed by atoms with van der Waals surface area (Å²) in [6.45, 7) is 0.604. The van der Waals surface area contributed by atoms with Gasteiger partial charge in [0.2, 0.25) is 0 Å². The summed E-state index contributed by atoms with van der Waals surface area (Å²) in [4.78, 5) is 14.7. The van der Waals surface area contributed by atoms with E-state index < -0.39 is 5.82 Å². The van der Waals surface area contributed by atoms with Crippen LogP contribution in [0, 0.1) is 5.82 Å². The van der Waals surface area contributed by atoms with Crippen molar-refractivity contribution in [3.05, 3.63) is 64.4 Å². The van der Waals surface area contributed by atoms with Gasteiger partial charge in [-0.2, -0.15) is 0 Å². The molecule has 0 aromatic heterocycles. The van der Waals surface area contributed by atoms with Gasteiger partial charge in [-0.05, 0) is 55.2 Å². The van der Waals surface area contributed by atoms with Gasteiger partial charge >= 0.3 is 0 Å². The topological polar surface area (TPSA) is 29.5 Å². The van der Waals surface area contributed by atoms with Crippen LogP contribution in [0.25, 0.3) is 0 Å². The summed E-state index contributed by atoms with van der Waals surface area (Å²) >= 11 is 5.94. The number of benzene rings is 2. The van der Waals surface area contributed by atoms with Crippen molar-refractivity contribution in [3.8, 4) is 5.75 Å². The van der Waals surface area contributed by atoms with Crippen LogP contribution >= 0.6 is 11.6 Å². The molecular weight excluding hydrogens is 329 g/mol. The van der Waals surface area contributed by atoms with Gasteiger partial charge in [-0.1, -0.05) is 23.7 Å². The number of amides is 1. The lowest BCUT2D eigenvalue weighted by molar-refractivity contribution is 0.0606. The van der Waals surface area contributed by atoms with E-state index in [0.717, 1.165) is 30.6 Å². The zero-order chi connectivity index (χ0) is 17.1. The Hall–Kier alpha value is -2.07. The van der Waals surface area contributed by atoms with Gasteiger partial charge < -0.3 is 9.64 Å². The average molecular weight is 348 g/mol. The molecule has 1 saturated heterocycles. The van der Waals surface area contributed by atoms with Crippen molar-refractivity contribution in [2.45, 2.75) is 25.3 Å². The van der Waals surface area contributed by atoms with Crippen molar-refractivity contribution < 1.29 is 13.9 Å². The van der Waals surface area contributed by atoms with Gasteiger partial charge in [-0.15, -0.1) is 0 Å². The Bertz CT molecular complexity index is 750. The molecule has 0 N–H and O–H groups in total. The fourth-order valence-corrected chi connectivity index (χ4v) is 3.36. The zero-order valence-electron chi connectivity index (χ0n) is 13.5. The fraction of sp³-hybridized carbons (Fsp3) is 0.316. The largest absolute Gasteiger partial charge is 0.497 e. The Morgan fingerprint density at radius 3 is 2.88 bits per heavy atom. The molecule has 1 amide bonds. The number of ether oxygens (including phenoxy) is 1. The van der Waals surface area contributed by atoms with Crippen LogP contribution in [-0.4, -0.2) is 24.5 Å². The molecule has 126 valence electrons. The maximum absolute atomic E-state index is 14.1. The van der Waals surface area contributed by atoms with Gasteiger partial charge in [-0.3, -0.25) is 4.79 Å². The maximum Gasteiger partial charge on any atom is 0.257 e. The Morgan fingerprint density at radius 1 is 1.25 bits per heavy atom. The minimum Gasteiger partial charge on any atom is -0.497 e. The van der Waals surface area contributed by atoms with Gasteiger partial charge in [-0.25, -0.2) is 4.39 Å². The summed E-state index contributed by atoms with van der Waals surface area (Å²) in [6, 6.07) is 11.7. The first-order valence-electron chi connectivity index (χ1n) is 8.00. The van der Waals surface area contributed by atoms with Crippen LogP contribution in [0.5, 0.6) is 5.75 Å². The van der Waals surface area contributed by atoms with E-state index in [1.807, 2.05) is 24.3 Å². The zero-order valence-corrected chi connectivity index (χ0v) is 14.2. The standard InChI is InChI=1S/C19H19ClFNO2/c1-24-15-6-4-5-13(11-15)18-7-2-3-10-22(18)19(23)16-12-14(20)8-9-17(16)21/h4-6,8-9,11-12,18H,2-3,7,10H2,1H3/t18-/m1/s1. The number of nitrogens with zero attached hydrogens (tertiary/aromatic N) is 1. The van der Waals surface area contributed by atoms with Crippen molar-refractivity contribution in [1.82, 2.24) is 4.90 Å². The second-order valence-corrected chi connectivity index (χ2v) is 6.35. The van der Waals surface area contributed by atoms with Crippen LogP contribution < -0.4 is 4.74 Å². The van der Waals surface area contributed by atoms with Crippen LogP contribution in [0.2, 0.25) is 5.02 Å². The number of likely N-dealkylation sites (tertiary alicyclic amines) is 1. The molecule has 1 atom stereocenters. The summed E-state index contributed by atoms with van der Waals surface area (Å²) in [5.74, 6) is -0.110. The highest BCUT2D eigenvalue weighted by Crippen LogP contribution is 2.34. The summed E-state index contributed by atoms with van der Waals surface area (Å²) in [7, 11) is 1.62. The van der Waals surface area contributed by atoms with Crippen molar-refractivity contribution >= 4 is 17.5 Å².